The summed E-state index contributed by atoms with van der Waals surface area (Å²) in [6, 6.07) is 13.3. The molecule has 118 valence electrons. The van der Waals surface area contributed by atoms with Gasteiger partial charge in [0.2, 0.25) is 0 Å². The van der Waals surface area contributed by atoms with Crippen LogP contribution in [-0.4, -0.2) is 21.2 Å². The van der Waals surface area contributed by atoms with Crippen molar-refractivity contribution in [3.05, 3.63) is 69.6 Å². The van der Waals surface area contributed by atoms with Gasteiger partial charge in [0, 0.05) is 5.39 Å². The molecular weight excluding hydrogens is 308 g/mol. The molecule has 3 aromatic rings. The molecule has 0 amide bonds. The number of benzene rings is 2. The molecule has 3 N–H and O–H groups in total. The minimum absolute atomic E-state index is 0.209. The van der Waals surface area contributed by atoms with E-state index in [2.05, 4.69) is 4.98 Å². The number of fused-ring (bicyclic) bond motifs is 1. The minimum atomic E-state index is -1.23. The van der Waals surface area contributed by atoms with Gasteiger partial charge in [-0.15, -0.1) is 0 Å². The molecule has 0 aliphatic carbocycles. The van der Waals surface area contributed by atoms with Gasteiger partial charge in [0.1, 0.15) is 5.69 Å². The van der Waals surface area contributed by atoms with Gasteiger partial charge in [0.15, 0.2) is 0 Å². The first kappa shape index (κ1) is 15.5. The Hall–Kier alpha value is -3.43. The van der Waals surface area contributed by atoms with Crippen molar-refractivity contribution in [2.24, 2.45) is 0 Å². The molecule has 0 bridgehead atoms. The van der Waals surface area contributed by atoms with Gasteiger partial charge in [0.25, 0.3) is 5.56 Å². The molecule has 0 atom stereocenters. The van der Waals surface area contributed by atoms with Gasteiger partial charge >= 0.3 is 5.97 Å². The number of H-pyrrole nitrogens is 1. The van der Waals surface area contributed by atoms with Gasteiger partial charge in [-0.05, 0) is 46.3 Å². The maximum Gasteiger partial charge on any atom is 0.352 e. The summed E-state index contributed by atoms with van der Waals surface area (Å²) in [6.07, 6.45) is 0. The summed E-state index contributed by atoms with van der Waals surface area (Å²) in [7, 11) is 0. The average molecular weight is 320 g/mol. The van der Waals surface area contributed by atoms with Gasteiger partial charge in [-0.2, -0.15) is 5.26 Å². The number of nitrogens with one attached hydrogen (secondary N) is 1. The highest BCUT2D eigenvalue weighted by Gasteiger charge is 2.14. The topological polar surface area (TPSA) is 114 Å². The smallest absolute Gasteiger partial charge is 0.352 e. The van der Waals surface area contributed by atoms with Crippen molar-refractivity contribution in [1.29, 1.82) is 5.26 Å². The monoisotopic (exact) mass is 320 g/mol. The maximum atomic E-state index is 12.1. The first-order valence-electron chi connectivity index (χ1n) is 7.08. The largest absolute Gasteiger partial charge is 0.477 e. The Labute approximate surface area is 136 Å². The van der Waals surface area contributed by atoms with E-state index in [0.29, 0.717) is 33.0 Å². The number of rotatable bonds is 3. The number of aromatic carboxylic acids is 1. The van der Waals surface area contributed by atoms with Crippen LogP contribution in [0.25, 0.3) is 21.9 Å². The molecule has 2 aromatic carbocycles. The minimum Gasteiger partial charge on any atom is -0.477 e. The van der Waals surface area contributed by atoms with Crippen LogP contribution in [0.15, 0.2) is 47.3 Å². The van der Waals surface area contributed by atoms with Crippen LogP contribution < -0.4 is 5.56 Å². The summed E-state index contributed by atoms with van der Waals surface area (Å²) < 4.78 is 0. The van der Waals surface area contributed by atoms with Crippen molar-refractivity contribution in [3.63, 3.8) is 0 Å². The van der Waals surface area contributed by atoms with Gasteiger partial charge in [-0.3, -0.25) is 4.79 Å². The van der Waals surface area contributed by atoms with Crippen LogP contribution in [0.5, 0.6) is 0 Å². The second-order valence-electron chi connectivity index (χ2n) is 5.23. The Morgan fingerprint density at radius 1 is 1.12 bits per heavy atom. The van der Waals surface area contributed by atoms with E-state index >= 15 is 0 Å². The second kappa shape index (κ2) is 5.99. The van der Waals surface area contributed by atoms with E-state index in [0.717, 1.165) is 0 Å². The third-order valence-electron chi connectivity index (χ3n) is 3.81. The lowest BCUT2D eigenvalue weighted by molar-refractivity contribution is 0.0690. The molecule has 0 radical (unpaired) electrons. The number of pyridine rings is 1. The second-order valence-corrected chi connectivity index (χ2v) is 5.23. The fourth-order valence-corrected chi connectivity index (χ4v) is 2.70. The van der Waals surface area contributed by atoms with E-state index in [1.165, 1.54) is 6.07 Å². The summed E-state index contributed by atoms with van der Waals surface area (Å²) in [5.41, 5.74) is 1.49. The van der Waals surface area contributed by atoms with Crippen molar-refractivity contribution >= 4 is 16.7 Å². The maximum absolute atomic E-state index is 12.1. The van der Waals surface area contributed by atoms with Crippen LogP contribution in [0.2, 0.25) is 0 Å². The van der Waals surface area contributed by atoms with E-state index < -0.39 is 11.5 Å². The van der Waals surface area contributed by atoms with Crippen molar-refractivity contribution in [2.45, 2.75) is 6.61 Å². The van der Waals surface area contributed by atoms with Gasteiger partial charge in [0.05, 0.1) is 18.2 Å². The highest BCUT2D eigenvalue weighted by atomic mass is 16.4. The summed E-state index contributed by atoms with van der Waals surface area (Å²) in [5.74, 6) is -1.23. The van der Waals surface area contributed by atoms with E-state index in [1.54, 1.807) is 36.4 Å². The third kappa shape index (κ3) is 2.53. The summed E-state index contributed by atoms with van der Waals surface area (Å²) in [6.45, 7) is -0.282. The number of aliphatic hydroxyl groups is 1. The zero-order valence-corrected chi connectivity index (χ0v) is 12.4. The Kier molecular flexibility index (Phi) is 3.86. The van der Waals surface area contributed by atoms with E-state index in [1.807, 2.05) is 6.07 Å². The molecule has 0 aliphatic heterocycles. The third-order valence-corrected chi connectivity index (χ3v) is 3.81. The molecular formula is C18H12N2O4. The van der Waals surface area contributed by atoms with E-state index in [-0.39, 0.29) is 12.3 Å². The Bertz CT molecular complexity index is 1060. The van der Waals surface area contributed by atoms with Crippen LogP contribution in [0.3, 0.4) is 0 Å². The standard InChI is InChI=1S/C18H12N2O4/c19-8-10-4-5-12(11(6-10)9-21)13-2-1-3-14-15(13)7-16(18(23)24)20-17(14)22/h1-7,21H,9H2,(H,20,22)(H,23,24). The predicted octanol–water partition coefficient (Wildman–Crippen LogP) is 2.26. The normalized spacial score (nSPS) is 10.5. The SMILES string of the molecule is N#Cc1ccc(-c2cccc3c(=O)[nH]c(C(=O)O)cc23)c(CO)c1. The van der Waals surface area contributed by atoms with Crippen LogP contribution in [0.1, 0.15) is 21.6 Å². The molecule has 6 heteroatoms. The van der Waals surface area contributed by atoms with E-state index in [4.69, 9.17) is 10.4 Å². The Morgan fingerprint density at radius 2 is 1.92 bits per heavy atom. The average Bonchev–Trinajstić information content (AvgIpc) is 2.60. The zero-order chi connectivity index (χ0) is 17.3. The first-order chi connectivity index (χ1) is 11.5. The highest BCUT2D eigenvalue weighted by molar-refractivity contribution is 6.00. The number of nitrogens with zero attached hydrogens (tertiary/aromatic N) is 1. The number of hydrogen-bond donors (Lipinski definition) is 3. The van der Waals surface area contributed by atoms with Crippen LogP contribution in [0.4, 0.5) is 0 Å². The number of aromatic amines is 1. The number of carboxylic acid groups (broad SMARTS) is 1. The fourth-order valence-electron chi connectivity index (χ4n) is 2.70. The molecule has 0 aliphatic rings. The van der Waals surface area contributed by atoms with Crippen LogP contribution >= 0.6 is 0 Å². The Balaban J connectivity index is 2.37. The highest BCUT2D eigenvalue weighted by Crippen LogP contribution is 2.31. The number of aromatic nitrogens is 1. The summed E-state index contributed by atoms with van der Waals surface area (Å²) in [4.78, 5) is 25.7. The predicted molar refractivity (Wildman–Crippen MR) is 87.6 cm³/mol. The summed E-state index contributed by atoms with van der Waals surface area (Å²) in [5, 5.41) is 28.6. The molecule has 0 spiro atoms. The molecule has 0 unspecified atom stereocenters. The molecule has 1 heterocycles. The molecule has 1 aromatic heterocycles. The van der Waals surface area contributed by atoms with Gasteiger partial charge in [-0.25, -0.2) is 4.79 Å². The molecule has 0 saturated carbocycles. The number of carbonyl (C=O) groups is 1. The lowest BCUT2D eigenvalue weighted by Gasteiger charge is -2.11. The van der Waals surface area contributed by atoms with Gasteiger partial charge in [-0.1, -0.05) is 18.2 Å². The lowest BCUT2D eigenvalue weighted by Crippen LogP contribution is -2.13. The lowest BCUT2D eigenvalue weighted by atomic mass is 9.94. The molecule has 6 nitrogen and oxygen atoms in total. The molecule has 0 saturated heterocycles. The van der Waals surface area contributed by atoms with Crippen molar-refractivity contribution in [2.75, 3.05) is 0 Å². The van der Waals surface area contributed by atoms with Crippen molar-refractivity contribution in [3.8, 4) is 17.2 Å². The zero-order valence-electron chi connectivity index (χ0n) is 12.4. The van der Waals surface area contributed by atoms with Crippen LogP contribution in [0, 0.1) is 11.3 Å². The quantitative estimate of drug-likeness (QED) is 0.685. The van der Waals surface area contributed by atoms with E-state index in [9.17, 15) is 14.7 Å². The fraction of sp³-hybridized carbons (Fsp3) is 0.0556. The molecule has 0 fully saturated rings. The number of hydrogen-bond acceptors (Lipinski definition) is 4. The Morgan fingerprint density at radius 3 is 2.58 bits per heavy atom. The molecule has 24 heavy (non-hydrogen) atoms. The number of carboxylic acids is 1. The summed E-state index contributed by atoms with van der Waals surface area (Å²) >= 11 is 0. The van der Waals surface area contributed by atoms with Crippen molar-refractivity contribution < 1.29 is 15.0 Å². The van der Waals surface area contributed by atoms with Crippen molar-refractivity contribution in [1.82, 2.24) is 4.98 Å². The molecule has 3 rings (SSSR count). The number of nitriles is 1. The van der Waals surface area contributed by atoms with Gasteiger partial charge < -0.3 is 15.2 Å². The van der Waals surface area contributed by atoms with Crippen LogP contribution in [-0.2, 0) is 6.61 Å². The number of aliphatic hydroxyl groups excluding tert-OH is 1. The first-order valence-corrected chi connectivity index (χ1v) is 7.08.